The van der Waals surface area contributed by atoms with Crippen molar-refractivity contribution in [3.63, 3.8) is 0 Å². The topological polar surface area (TPSA) is 33.5 Å². The molecule has 0 bridgehead atoms. The highest BCUT2D eigenvalue weighted by Gasteiger charge is 2.19. The van der Waals surface area contributed by atoms with Crippen molar-refractivity contribution >= 4 is 33.2 Å². The first-order chi connectivity index (χ1) is 22.9. The number of fused-ring (bicyclic) bond motifs is 3. The molecule has 0 N–H and O–H groups in total. The zero-order valence-corrected chi connectivity index (χ0v) is 26.8. The van der Waals surface area contributed by atoms with E-state index in [-0.39, 0.29) is 5.41 Å². The van der Waals surface area contributed by atoms with Crippen molar-refractivity contribution in [1.29, 1.82) is 0 Å². The van der Waals surface area contributed by atoms with E-state index in [1.165, 1.54) is 27.5 Å². The number of nitrogens with zero attached hydrogens (tertiary/aromatic N) is 4. The molecular formula is C42H36N4O. The van der Waals surface area contributed by atoms with Crippen LogP contribution in [0.2, 0.25) is 0 Å². The quantitative estimate of drug-likeness (QED) is 0.187. The molecule has 5 heteroatoms. The molecule has 8 rings (SSSR count). The summed E-state index contributed by atoms with van der Waals surface area (Å²) in [7, 11) is 0. The number of hydrogen-bond acceptors (Lipinski definition) is 4. The molecular weight excluding hydrogens is 576 g/mol. The average molecular weight is 613 g/mol. The zero-order chi connectivity index (χ0) is 32.0. The Labute approximate surface area is 275 Å². The Morgan fingerprint density at radius 1 is 0.574 bits per heavy atom. The first-order valence-corrected chi connectivity index (χ1v) is 16.1. The van der Waals surface area contributed by atoms with E-state index in [2.05, 4.69) is 169 Å². The van der Waals surface area contributed by atoms with Crippen molar-refractivity contribution in [2.24, 2.45) is 0 Å². The van der Waals surface area contributed by atoms with Crippen LogP contribution in [0.15, 0.2) is 152 Å². The first-order valence-electron chi connectivity index (χ1n) is 16.1. The van der Waals surface area contributed by atoms with Crippen molar-refractivity contribution in [1.82, 2.24) is 9.55 Å². The smallest absolute Gasteiger partial charge is 0.137 e. The van der Waals surface area contributed by atoms with Crippen LogP contribution in [0.25, 0.3) is 38.8 Å². The maximum Gasteiger partial charge on any atom is 0.137 e. The van der Waals surface area contributed by atoms with Gasteiger partial charge in [0.1, 0.15) is 17.3 Å². The first kappa shape index (κ1) is 28.6. The van der Waals surface area contributed by atoms with Gasteiger partial charge in [-0.1, -0.05) is 93.6 Å². The van der Waals surface area contributed by atoms with Crippen LogP contribution >= 0.6 is 0 Å². The van der Waals surface area contributed by atoms with Crippen LogP contribution in [-0.4, -0.2) is 16.2 Å². The second-order valence-electron chi connectivity index (χ2n) is 13.1. The summed E-state index contributed by atoms with van der Waals surface area (Å²) >= 11 is 0. The minimum absolute atomic E-state index is 0.0402. The molecule has 0 radical (unpaired) electrons. The average Bonchev–Trinajstić information content (AvgIpc) is 3.72. The Morgan fingerprint density at radius 2 is 1.26 bits per heavy atom. The molecule has 0 aliphatic carbocycles. The largest absolute Gasteiger partial charge is 0.457 e. The van der Waals surface area contributed by atoms with Gasteiger partial charge in [-0.25, -0.2) is 4.98 Å². The minimum atomic E-state index is 0.0402. The third kappa shape index (κ3) is 5.50. The van der Waals surface area contributed by atoms with Gasteiger partial charge in [-0.2, -0.15) is 0 Å². The number of pyridine rings is 1. The van der Waals surface area contributed by atoms with E-state index in [1.54, 1.807) is 0 Å². The number of anilines is 2. The lowest BCUT2D eigenvalue weighted by atomic mass is 9.88. The number of hydrogen-bond donors (Lipinski definition) is 0. The molecule has 0 amide bonds. The molecule has 1 aliphatic rings. The van der Waals surface area contributed by atoms with Gasteiger partial charge in [-0.15, -0.1) is 0 Å². The fourth-order valence-electron chi connectivity index (χ4n) is 6.33. The monoisotopic (exact) mass is 612 g/mol. The van der Waals surface area contributed by atoms with Gasteiger partial charge in [0.15, 0.2) is 0 Å². The van der Waals surface area contributed by atoms with Gasteiger partial charge < -0.3 is 14.5 Å². The Bertz CT molecular complexity index is 2240. The molecule has 0 unspecified atom stereocenters. The van der Waals surface area contributed by atoms with E-state index < -0.39 is 0 Å². The van der Waals surface area contributed by atoms with Crippen LogP contribution in [0.1, 0.15) is 26.3 Å². The van der Waals surface area contributed by atoms with Crippen LogP contribution in [0.4, 0.5) is 11.4 Å². The van der Waals surface area contributed by atoms with Crippen LogP contribution in [0, 0.1) is 0 Å². The Morgan fingerprint density at radius 3 is 2.02 bits per heavy atom. The van der Waals surface area contributed by atoms with Gasteiger partial charge in [0.05, 0.1) is 17.7 Å². The van der Waals surface area contributed by atoms with E-state index in [4.69, 9.17) is 9.72 Å². The van der Waals surface area contributed by atoms with Gasteiger partial charge in [0.25, 0.3) is 0 Å². The fraction of sp³-hybridized carbons (Fsp3) is 0.119. The fourth-order valence-corrected chi connectivity index (χ4v) is 6.33. The van der Waals surface area contributed by atoms with Crippen LogP contribution in [0.5, 0.6) is 11.5 Å². The molecule has 5 aromatic carbocycles. The van der Waals surface area contributed by atoms with E-state index in [1.807, 2.05) is 18.3 Å². The summed E-state index contributed by atoms with van der Waals surface area (Å²) in [5.74, 6) is 2.46. The van der Waals surface area contributed by atoms with Gasteiger partial charge in [-0.05, 0) is 70.6 Å². The number of ether oxygens (including phenoxy) is 1. The van der Waals surface area contributed by atoms with E-state index in [0.717, 1.165) is 46.4 Å². The Kier molecular flexibility index (Phi) is 7.02. The summed E-state index contributed by atoms with van der Waals surface area (Å²) in [6, 6.07) is 46.6. The maximum absolute atomic E-state index is 6.52. The Balaban J connectivity index is 1.06. The van der Waals surface area contributed by atoms with Crippen molar-refractivity contribution in [3.05, 3.63) is 158 Å². The zero-order valence-electron chi connectivity index (χ0n) is 26.8. The van der Waals surface area contributed by atoms with E-state index in [0.29, 0.717) is 0 Å². The molecule has 0 fully saturated rings. The van der Waals surface area contributed by atoms with E-state index in [9.17, 15) is 0 Å². The molecule has 0 saturated heterocycles. The highest BCUT2D eigenvalue weighted by Crippen LogP contribution is 2.36. The third-order valence-corrected chi connectivity index (χ3v) is 8.89. The summed E-state index contributed by atoms with van der Waals surface area (Å²) in [5.41, 5.74) is 8.08. The molecule has 230 valence electrons. The standard InChI is InChI=1S/C42H36N4O/c1-42(2,3)32-19-22-41(43-28-32)46-39-18-8-7-17-37(39)38-21-20-36(27-40(38)46)47-35-16-10-15-34(26-35)45-24-23-44(29-45)33-14-9-13-31(25-33)30-11-5-4-6-12-30/h4-28H,29H2,1-3H3. The van der Waals surface area contributed by atoms with Crippen molar-refractivity contribution < 1.29 is 4.74 Å². The van der Waals surface area contributed by atoms with Crippen LogP contribution in [-0.2, 0) is 5.41 Å². The summed E-state index contributed by atoms with van der Waals surface area (Å²) < 4.78 is 8.75. The number of rotatable bonds is 6. The lowest BCUT2D eigenvalue weighted by molar-refractivity contribution is 0.483. The Hall–Kier alpha value is -5.81. The predicted molar refractivity (Wildman–Crippen MR) is 195 cm³/mol. The van der Waals surface area contributed by atoms with Crippen molar-refractivity contribution in [3.8, 4) is 28.4 Å². The molecule has 7 aromatic rings. The number of benzene rings is 5. The van der Waals surface area contributed by atoms with Crippen molar-refractivity contribution in [2.45, 2.75) is 26.2 Å². The van der Waals surface area contributed by atoms with Crippen LogP contribution in [0.3, 0.4) is 0 Å². The van der Waals surface area contributed by atoms with Crippen molar-refractivity contribution in [2.75, 3.05) is 16.5 Å². The predicted octanol–water partition coefficient (Wildman–Crippen LogP) is 10.7. The second kappa shape index (κ2) is 11.5. The molecule has 2 aromatic heterocycles. The van der Waals surface area contributed by atoms with Crippen LogP contribution < -0.4 is 14.5 Å². The lowest BCUT2D eigenvalue weighted by Gasteiger charge is -2.22. The van der Waals surface area contributed by atoms with E-state index >= 15 is 0 Å². The summed E-state index contributed by atoms with van der Waals surface area (Å²) in [4.78, 5) is 9.40. The highest BCUT2D eigenvalue weighted by molar-refractivity contribution is 6.09. The van der Waals surface area contributed by atoms with Gasteiger partial charge in [0, 0.05) is 52.9 Å². The minimum Gasteiger partial charge on any atom is -0.457 e. The lowest BCUT2D eigenvalue weighted by Crippen LogP contribution is -2.24. The number of para-hydroxylation sites is 1. The molecule has 47 heavy (non-hydrogen) atoms. The maximum atomic E-state index is 6.52. The third-order valence-electron chi connectivity index (χ3n) is 8.89. The van der Waals surface area contributed by atoms with Gasteiger partial charge >= 0.3 is 0 Å². The summed E-state index contributed by atoms with van der Waals surface area (Å²) in [6.45, 7) is 7.35. The number of aromatic nitrogens is 2. The summed E-state index contributed by atoms with van der Waals surface area (Å²) in [5, 5.41) is 2.36. The molecule has 0 spiro atoms. The molecule has 5 nitrogen and oxygen atoms in total. The molecule has 1 aliphatic heterocycles. The molecule has 0 saturated carbocycles. The van der Waals surface area contributed by atoms with Gasteiger partial charge in [-0.3, -0.25) is 4.57 Å². The molecule has 0 atom stereocenters. The normalized spacial score (nSPS) is 13.2. The summed E-state index contributed by atoms with van der Waals surface area (Å²) in [6.07, 6.45) is 6.25. The highest BCUT2D eigenvalue weighted by atomic mass is 16.5. The second-order valence-corrected chi connectivity index (χ2v) is 13.1. The molecule has 3 heterocycles. The SMILES string of the molecule is CC(C)(C)c1ccc(-n2c3ccccc3c3ccc(Oc4cccc(N5C=CN(c6cccc(-c7ccccc7)c6)C5)c4)cc32)nc1. The van der Waals surface area contributed by atoms with Gasteiger partial charge in [0.2, 0.25) is 0 Å².